The van der Waals surface area contributed by atoms with E-state index in [1.54, 1.807) is 0 Å². The Kier molecular flexibility index (Phi) is 6.34. The van der Waals surface area contributed by atoms with Gasteiger partial charge in [-0.25, -0.2) is 0 Å². The molecule has 6 nitrogen and oxygen atoms in total. The van der Waals surface area contributed by atoms with Gasteiger partial charge in [0, 0.05) is 12.4 Å². The molecule has 0 saturated heterocycles. The first-order valence-corrected chi connectivity index (χ1v) is 6.00. The zero-order chi connectivity index (χ0) is 14.3. The van der Waals surface area contributed by atoms with Crippen molar-refractivity contribution in [1.82, 2.24) is 0 Å². The summed E-state index contributed by atoms with van der Waals surface area (Å²) in [6.07, 6.45) is 0.806. The van der Waals surface area contributed by atoms with Crippen LogP contribution in [0.15, 0.2) is 18.2 Å². The number of aliphatic carboxylic acids is 1. The summed E-state index contributed by atoms with van der Waals surface area (Å²) in [5.41, 5.74) is 7.13. The molecule has 19 heavy (non-hydrogen) atoms. The predicted molar refractivity (Wildman–Crippen MR) is 71.3 cm³/mol. The van der Waals surface area contributed by atoms with Crippen molar-refractivity contribution in [3.63, 3.8) is 0 Å². The standard InChI is InChI=1S/C10H14BNO3.C2H4O2/c12-5-2-6-14-9-4-1-3-8-7-15-11(13)10(8)9;1-2(3)4/h1,3-4,13H,2,5-7,12H2;1H3,(H,3,4). The minimum absolute atomic E-state index is 0.449. The Morgan fingerprint density at radius 1 is 1.58 bits per heavy atom. The largest absolute Gasteiger partial charge is 0.495 e. The quantitative estimate of drug-likeness (QED) is 0.512. The van der Waals surface area contributed by atoms with Gasteiger partial charge in [-0.05, 0) is 24.6 Å². The van der Waals surface area contributed by atoms with E-state index in [2.05, 4.69) is 0 Å². The average molecular weight is 267 g/mol. The molecule has 0 aliphatic carbocycles. The molecule has 1 aromatic carbocycles. The third-order valence-electron chi connectivity index (χ3n) is 2.41. The van der Waals surface area contributed by atoms with E-state index in [0.29, 0.717) is 25.5 Å². The Morgan fingerprint density at radius 2 is 2.26 bits per heavy atom. The highest BCUT2D eigenvalue weighted by atomic mass is 16.5. The van der Waals surface area contributed by atoms with Crippen LogP contribution in [0, 0.1) is 0 Å². The van der Waals surface area contributed by atoms with Gasteiger partial charge in [0.1, 0.15) is 5.75 Å². The highest BCUT2D eigenvalue weighted by Crippen LogP contribution is 2.18. The van der Waals surface area contributed by atoms with Crippen LogP contribution in [-0.2, 0) is 16.1 Å². The molecule has 0 unspecified atom stereocenters. The number of benzene rings is 1. The lowest BCUT2D eigenvalue weighted by Gasteiger charge is -2.09. The molecule has 2 rings (SSSR count). The van der Waals surface area contributed by atoms with Crippen molar-refractivity contribution >= 4 is 18.6 Å². The van der Waals surface area contributed by atoms with Gasteiger partial charge in [-0.3, -0.25) is 4.79 Å². The van der Waals surface area contributed by atoms with E-state index in [9.17, 15) is 5.02 Å². The number of hydrogen-bond acceptors (Lipinski definition) is 5. The van der Waals surface area contributed by atoms with E-state index in [0.717, 1.165) is 24.4 Å². The lowest BCUT2D eigenvalue weighted by atomic mass is 9.79. The number of ether oxygens (including phenoxy) is 1. The van der Waals surface area contributed by atoms with Crippen molar-refractivity contribution in [2.45, 2.75) is 20.0 Å². The monoisotopic (exact) mass is 267 g/mol. The van der Waals surface area contributed by atoms with E-state index in [-0.39, 0.29) is 0 Å². The number of carboxylic acids is 1. The smallest absolute Gasteiger partial charge is 0.494 e. The van der Waals surface area contributed by atoms with Gasteiger partial charge in [-0.15, -0.1) is 0 Å². The molecule has 0 bridgehead atoms. The number of carboxylic acid groups (broad SMARTS) is 1. The van der Waals surface area contributed by atoms with Crippen LogP contribution in [0.3, 0.4) is 0 Å². The molecule has 0 spiro atoms. The van der Waals surface area contributed by atoms with Crippen molar-refractivity contribution in [2.75, 3.05) is 13.2 Å². The molecule has 7 heteroatoms. The molecule has 0 amide bonds. The lowest BCUT2D eigenvalue weighted by molar-refractivity contribution is -0.134. The van der Waals surface area contributed by atoms with Crippen molar-refractivity contribution in [3.05, 3.63) is 23.8 Å². The molecule has 0 saturated carbocycles. The second-order valence-corrected chi connectivity index (χ2v) is 4.00. The molecule has 0 fully saturated rings. The predicted octanol–water partition coefficient (Wildman–Crippen LogP) is -0.277. The van der Waals surface area contributed by atoms with Gasteiger partial charge in [-0.1, -0.05) is 12.1 Å². The third-order valence-corrected chi connectivity index (χ3v) is 2.41. The normalized spacial score (nSPS) is 12.5. The second kappa shape index (κ2) is 7.78. The summed E-state index contributed by atoms with van der Waals surface area (Å²) >= 11 is 0. The van der Waals surface area contributed by atoms with Crippen LogP contribution in [0.4, 0.5) is 0 Å². The number of nitrogens with two attached hydrogens (primary N) is 1. The first kappa shape index (κ1) is 15.5. The van der Waals surface area contributed by atoms with Crippen molar-refractivity contribution in [3.8, 4) is 5.75 Å². The van der Waals surface area contributed by atoms with Gasteiger partial charge in [0.2, 0.25) is 0 Å². The van der Waals surface area contributed by atoms with Crippen LogP contribution >= 0.6 is 0 Å². The fourth-order valence-corrected chi connectivity index (χ4v) is 1.64. The molecule has 104 valence electrons. The van der Waals surface area contributed by atoms with Gasteiger partial charge < -0.3 is 25.3 Å². The molecular formula is C12H18BNO5. The molecule has 1 aromatic rings. The second-order valence-electron chi connectivity index (χ2n) is 4.00. The van der Waals surface area contributed by atoms with Crippen LogP contribution in [0.1, 0.15) is 18.9 Å². The Labute approximate surface area is 112 Å². The first-order chi connectivity index (χ1) is 9.06. The summed E-state index contributed by atoms with van der Waals surface area (Å²) in [4.78, 5) is 9.00. The summed E-state index contributed by atoms with van der Waals surface area (Å²) in [5, 5.41) is 17.0. The topological polar surface area (TPSA) is 102 Å². The fourth-order valence-electron chi connectivity index (χ4n) is 1.64. The molecular weight excluding hydrogens is 249 g/mol. The number of fused-ring (bicyclic) bond motifs is 1. The minimum atomic E-state index is -0.853. The summed E-state index contributed by atoms with van der Waals surface area (Å²) in [5.74, 6) is -0.133. The molecule has 0 atom stereocenters. The van der Waals surface area contributed by atoms with Crippen molar-refractivity contribution < 1.29 is 24.3 Å². The molecule has 0 radical (unpaired) electrons. The SMILES string of the molecule is CC(=O)O.NCCCOc1cccc2c1B(O)OC2. The Balaban J connectivity index is 0.000000399. The molecule has 4 N–H and O–H groups in total. The highest BCUT2D eigenvalue weighted by Gasteiger charge is 2.30. The van der Waals surface area contributed by atoms with Crippen molar-refractivity contribution in [2.24, 2.45) is 5.73 Å². The van der Waals surface area contributed by atoms with Gasteiger partial charge >= 0.3 is 7.12 Å². The maximum Gasteiger partial charge on any atom is 0.495 e. The fraction of sp³-hybridized carbons (Fsp3) is 0.417. The highest BCUT2D eigenvalue weighted by molar-refractivity contribution is 6.62. The maximum atomic E-state index is 9.59. The van der Waals surface area contributed by atoms with Gasteiger partial charge in [0.25, 0.3) is 5.97 Å². The van der Waals surface area contributed by atoms with Crippen LogP contribution in [0.25, 0.3) is 0 Å². The van der Waals surface area contributed by atoms with Crippen LogP contribution in [-0.4, -0.2) is 36.4 Å². The Bertz CT molecular complexity index is 423. The van der Waals surface area contributed by atoms with E-state index >= 15 is 0 Å². The summed E-state index contributed by atoms with van der Waals surface area (Å²) in [6, 6.07) is 5.67. The van der Waals surface area contributed by atoms with Gasteiger partial charge in [0.05, 0.1) is 13.2 Å². The summed E-state index contributed by atoms with van der Waals surface area (Å²) in [7, 11) is -0.853. The van der Waals surface area contributed by atoms with Crippen LogP contribution < -0.4 is 15.9 Å². The minimum Gasteiger partial charge on any atom is -0.494 e. The number of rotatable bonds is 4. The zero-order valence-electron chi connectivity index (χ0n) is 10.8. The third kappa shape index (κ3) is 4.90. The van der Waals surface area contributed by atoms with E-state index in [1.165, 1.54) is 0 Å². The maximum absolute atomic E-state index is 9.59. The first-order valence-electron chi connectivity index (χ1n) is 6.00. The Morgan fingerprint density at radius 3 is 2.89 bits per heavy atom. The lowest BCUT2D eigenvalue weighted by Crippen LogP contribution is -2.30. The van der Waals surface area contributed by atoms with Gasteiger partial charge in [0.15, 0.2) is 0 Å². The van der Waals surface area contributed by atoms with Crippen LogP contribution in [0.2, 0.25) is 0 Å². The summed E-state index contributed by atoms with van der Waals surface area (Å²) < 4.78 is 10.7. The van der Waals surface area contributed by atoms with E-state index in [1.807, 2.05) is 18.2 Å². The van der Waals surface area contributed by atoms with E-state index < -0.39 is 13.1 Å². The van der Waals surface area contributed by atoms with Crippen molar-refractivity contribution in [1.29, 1.82) is 0 Å². The number of carbonyl (C=O) groups is 1. The molecule has 1 aliphatic rings. The van der Waals surface area contributed by atoms with Gasteiger partial charge in [-0.2, -0.15) is 0 Å². The average Bonchev–Trinajstić information content (AvgIpc) is 2.72. The zero-order valence-corrected chi connectivity index (χ0v) is 10.8. The number of hydrogen-bond donors (Lipinski definition) is 3. The van der Waals surface area contributed by atoms with Crippen LogP contribution in [0.5, 0.6) is 5.75 Å². The molecule has 0 aromatic heterocycles. The van der Waals surface area contributed by atoms with E-state index in [4.69, 9.17) is 25.0 Å². The summed E-state index contributed by atoms with van der Waals surface area (Å²) in [6.45, 7) is 2.71. The molecule has 1 aliphatic heterocycles. The Hall–Kier alpha value is -1.57. The molecule has 1 heterocycles.